The number of aliphatic hydroxyl groups is 1. The van der Waals surface area contributed by atoms with Crippen molar-refractivity contribution in [3.05, 3.63) is 18.2 Å². The van der Waals surface area contributed by atoms with Crippen LogP contribution in [0, 0.1) is 5.92 Å². The summed E-state index contributed by atoms with van der Waals surface area (Å²) in [7, 11) is 0. The largest absolute Gasteiger partial charge is 0.491 e. The van der Waals surface area contributed by atoms with E-state index in [1.807, 2.05) is 32.0 Å². The fourth-order valence-corrected chi connectivity index (χ4v) is 2.56. The van der Waals surface area contributed by atoms with Gasteiger partial charge in [0.25, 0.3) is 0 Å². The molecule has 19 heavy (non-hydrogen) atoms. The van der Waals surface area contributed by atoms with Crippen molar-refractivity contribution < 1.29 is 9.84 Å². The monoisotopic (exact) mass is 264 g/mol. The number of aliphatic hydroxyl groups excluding tert-OH is 1. The van der Waals surface area contributed by atoms with Gasteiger partial charge in [-0.1, -0.05) is 0 Å². The van der Waals surface area contributed by atoms with Crippen LogP contribution in [-0.2, 0) is 0 Å². The Morgan fingerprint density at radius 2 is 2.16 bits per heavy atom. The van der Waals surface area contributed by atoms with Crippen molar-refractivity contribution in [1.29, 1.82) is 0 Å². The highest BCUT2D eigenvalue weighted by Crippen LogP contribution is 2.27. The van der Waals surface area contributed by atoms with E-state index in [0.29, 0.717) is 11.6 Å². The van der Waals surface area contributed by atoms with Gasteiger partial charge in [-0.15, -0.1) is 0 Å². The maximum Gasteiger partial charge on any atom is 0.123 e. The molecule has 2 atom stereocenters. The molecular weight excluding hydrogens is 240 g/mol. The quantitative estimate of drug-likeness (QED) is 0.715. The van der Waals surface area contributed by atoms with Gasteiger partial charge in [0.15, 0.2) is 0 Å². The van der Waals surface area contributed by atoms with Crippen molar-refractivity contribution in [3.8, 4) is 5.75 Å². The van der Waals surface area contributed by atoms with E-state index in [1.165, 1.54) is 0 Å². The molecule has 1 aromatic rings. The molecule has 2 rings (SSSR count). The molecule has 1 aliphatic carbocycles. The van der Waals surface area contributed by atoms with E-state index in [0.717, 1.165) is 37.2 Å². The summed E-state index contributed by atoms with van der Waals surface area (Å²) >= 11 is 0. The summed E-state index contributed by atoms with van der Waals surface area (Å²) in [5.41, 5.74) is 7.57. The molecule has 0 aliphatic heterocycles. The van der Waals surface area contributed by atoms with Gasteiger partial charge >= 0.3 is 0 Å². The van der Waals surface area contributed by atoms with Crippen LogP contribution >= 0.6 is 0 Å². The number of benzene rings is 1. The second-order valence-electron chi connectivity index (χ2n) is 5.67. The lowest BCUT2D eigenvalue weighted by Crippen LogP contribution is -2.13. The average Bonchev–Trinajstić information content (AvgIpc) is 2.71. The molecule has 1 aromatic carbocycles. The zero-order valence-electron chi connectivity index (χ0n) is 11.7. The molecule has 106 valence electrons. The number of ether oxygens (including phenoxy) is 1. The first-order valence-corrected chi connectivity index (χ1v) is 7.02. The SMILES string of the molecule is CC(C)Oc1cc(N)cc(NCC2CCC(O)C2)c1. The van der Waals surface area contributed by atoms with Crippen LogP contribution in [0.3, 0.4) is 0 Å². The van der Waals surface area contributed by atoms with Gasteiger partial charge in [0, 0.05) is 30.1 Å². The van der Waals surface area contributed by atoms with E-state index in [-0.39, 0.29) is 12.2 Å². The highest BCUT2D eigenvalue weighted by molar-refractivity contribution is 5.59. The van der Waals surface area contributed by atoms with E-state index >= 15 is 0 Å². The summed E-state index contributed by atoms with van der Waals surface area (Å²) in [6.07, 6.45) is 2.92. The summed E-state index contributed by atoms with van der Waals surface area (Å²) < 4.78 is 5.66. The molecule has 0 heterocycles. The van der Waals surface area contributed by atoms with Crippen molar-refractivity contribution in [2.45, 2.75) is 45.3 Å². The molecule has 4 nitrogen and oxygen atoms in total. The van der Waals surface area contributed by atoms with E-state index in [9.17, 15) is 5.11 Å². The minimum Gasteiger partial charge on any atom is -0.491 e. The Morgan fingerprint density at radius 1 is 1.37 bits per heavy atom. The van der Waals surface area contributed by atoms with Crippen LogP contribution in [0.1, 0.15) is 33.1 Å². The minimum absolute atomic E-state index is 0.118. The predicted molar refractivity (Wildman–Crippen MR) is 78.5 cm³/mol. The molecule has 4 N–H and O–H groups in total. The maximum atomic E-state index is 9.52. The Bertz CT molecular complexity index is 421. The standard InChI is InChI=1S/C15H24N2O2/c1-10(2)19-15-7-12(16)6-13(8-15)17-9-11-3-4-14(18)5-11/h6-8,10-11,14,17-18H,3-5,9,16H2,1-2H3. The Labute approximate surface area is 115 Å². The number of hydrogen-bond donors (Lipinski definition) is 3. The Balaban J connectivity index is 1.94. The van der Waals surface area contributed by atoms with Gasteiger partial charge in [-0.25, -0.2) is 0 Å². The number of hydrogen-bond acceptors (Lipinski definition) is 4. The van der Waals surface area contributed by atoms with Gasteiger partial charge in [0.1, 0.15) is 5.75 Å². The van der Waals surface area contributed by atoms with Crippen LogP contribution in [0.4, 0.5) is 11.4 Å². The van der Waals surface area contributed by atoms with Crippen LogP contribution in [0.2, 0.25) is 0 Å². The fraction of sp³-hybridized carbons (Fsp3) is 0.600. The average molecular weight is 264 g/mol. The van der Waals surface area contributed by atoms with Crippen molar-refractivity contribution in [3.63, 3.8) is 0 Å². The van der Waals surface area contributed by atoms with Gasteiger partial charge in [-0.2, -0.15) is 0 Å². The molecule has 4 heteroatoms. The molecule has 0 amide bonds. The minimum atomic E-state index is -0.118. The van der Waals surface area contributed by atoms with E-state index in [4.69, 9.17) is 10.5 Å². The zero-order chi connectivity index (χ0) is 13.8. The third-order valence-electron chi connectivity index (χ3n) is 3.41. The number of rotatable bonds is 5. The third-order valence-corrected chi connectivity index (χ3v) is 3.41. The summed E-state index contributed by atoms with van der Waals surface area (Å²) in [5, 5.41) is 12.9. The Kier molecular flexibility index (Phi) is 4.53. The molecule has 0 aromatic heterocycles. The van der Waals surface area contributed by atoms with Crippen LogP contribution < -0.4 is 15.8 Å². The molecule has 1 saturated carbocycles. The van der Waals surface area contributed by atoms with Gasteiger partial charge in [0.05, 0.1) is 12.2 Å². The molecule has 0 bridgehead atoms. The normalized spacial score (nSPS) is 22.7. The van der Waals surface area contributed by atoms with Crippen molar-refractivity contribution >= 4 is 11.4 Å². The molecule has 0 spiro atoms. The van der Waals surface area contributed by atoms with Crippen LogP contribution in [0.5, 0.6) is 5.75 Å². The second-order valence-corrected chi connectivity index (χ2v) is 5.67. The number of anilines is 2. The summed E-state index contributed by atoms with van der Waals surface area (Å²) in [4.78, 5) is 0. The van der Waals surface area contributed by atoms with Crippen molar-refractivity contribution in [2.75, 3.05) is 17.6 Å². The summed E-state index contributed by atoms with van der Waals surface area (Å²) in [6, 6.07) is 5.73. The predicted octanol–water partition coefficient (Wildman–Crippen LogP) is 2.63. The Morgan fingerprint density at radius 3 is 2.79 bits per heavy atom. The van der Waals surface area contributed by atoms with Crippen molar-refractivity contribution in [2.24, 2.45) is 5.92 Å². The lowest BCUT2D eigenvalue weighted by Gasteiger charge is -2.15. The van der Waals surface area contributed by atoms with Gasteiger partial charge in [-0.05, 0) is 45.1 Å². The smallest absolute Gasteiger partial charge is 0.123 e. The highest BCUT2D eigenvalue weighted by atomic mass is 16.5. The third kappa shape index (κ3) is 4.31. The van der Waals surface area contributed by atoms with Crippen LogP contribution in [-0.4, -0.2) is 23.9 Å². The number of nitrogens with one attached hydrogen (secondary N) is 1. The summed E-state index contributed by atoms with van der Waals surface area (Å²) in [6.45, 7) is 4.87. The number of nitrogen functional groups attached to an aromatic ring is 1. The first kappa shape index (κ1) is 14.0. The summed E-state index contributed by atoms with van der Waals surface area (Å²) in [5.74, 6) is 1.34. The molecule has 2 unspecified atom stereocenters. The maximum absolute atomic E-state index is 9.52. The highest BCUT2D eigenvalue weighted by Gasteiger charge is 2.22. The molecule has 0 saturated heterocycles. The van der Waals surface area contributed by atoms with Crippen molar-refractivity contribution in [1.82, 2.24) is 0 Å². The second kappa shape index (κ2) is 6.15. The molecule has 0 radical (unpaired) electrons. The van der Waals surface area contributed by atoms with E-state index < -0.39 is 0 Å². The van der Waals surface area contributed by atoms with Gasteiger partial charge in [0.2, 0.25) is 0 Å². The number of nitrogens with two attached hydrogens (primary N) is 1. The van der Waals surface area contributed by atoms with E-state index in [2.05, 4.69) is 5.32 Å². The first-order chi connectivity index (χ1) is 9.02. The molecule has 1 aliphatic rings. The van der Waals surface area contributed by atoms with Gasteiger partial charge < -0.3 is 20.9 Å². The Hall–Kier alpha value is -1.42. The van der Waals surface area contributed by atoms with Crippen LogP contribution in [0.15, 0.2) is 18.2 Å². The van der Waals surface area contributed by atoms with Crippen LogP contribution in [0.25, 0.3) is 0 Å². The molecular formula is C15H24N2O2. The lowest BCUT2D eigenvalue weighted by molar-refractivity contribution is 0.178. The van der Waals surface area contributed by atoms with E-state index in [1.54, 1.807) is 0 Å². The van der Waals surface area contributed by atoms with Gasteiger partial charge in [-0.3, -0.25) is 0 Å². The first-order valence-electron chi connectivity index (χ1n) is 7.02. The fourth-order valence-electron chi connectivity index (χ4n) is 2.56. The lowest BCUT2D eigenvalue weighted by atomic mass is 10.1. The topological polar surface area (TPSA) is 67.5 Å². The zero-order valence-corrected chi connectivity index (χ0v) is 11.7. The molecule has 1 fully saturated rings.